The molecule has 0 aromatic carbocycles. The zero-order chi connectivity index (χ0) is 10.7. The molecule has 5 heteroatoms. The van der Waals surface area contributed by atoms with E-state index >= 15 is 0 Å². The van der Waals surface area contributed by atoms with Gasteiger partial charge in [-0.05, 0) is 18.6 Å². The van der Waals surface area contributed by atoms with Crippen LogP contribution in [0.3, 0.4) is 0 Å². The molecule has 1 aromatic rings. The Labute approximate surface area is 93.0 Å². The highest BCUT2D eigenvalue weighted by Gasteiger charge is 2.35. The van der Waals surface area contributed by atoms with Crippen LogP contribution < -0.4 is 0 Å². The first kappa shape index (κ1) is 10.4. The molecule has 1 aliphatic rings. The van der Waals surface area contributed by atoms with Crippen molar-refractivity contribution in [1.82, 2.24) is 9.99 Å². The van der Waals surface area contributed by atoms with E-state index in [4.69, 9.17) is 0 Å². The number of aliphatic hydroxyl groups is 1. The smallest absolute Gasteiger partial charge is 0.180 e. The second-order valence-corrected chi connectivity index (χ2v) is 4.12. The summed E-state index contributed by atoms with van der Waals surface area (Å²) in [6, 6.07) is 3.64. The standard InChI is InChI=1S/C10H13N3OS/c1-2-10(14,13-8-15-7-12-13)9-3-5-11-6-4-9/h3-7,14H,2,8H2,1H3. The Morgan fingerprint density at radius 1 is 1.53 bits per heavy atom. The lowest BCUT2D eigenvalue weighted by Crippen LogP contribution is -2.41. The number of hydrogen-bond acceptors (Lipinski definition) is 5. The molecule has 0 bridgehead atoms. The third-order valence-corrected chi connectivity index (χ3v) is 3.16. The molecule has 15 heavy (non-hydrogen) atoms. The van der Waals surface area contributed by atoms with Crippen molar-refractivity contribution < 1.29 is 5.11 Å². The van der Waals surface area contributed by atoms with Crippen molar-refractivity contribution in [3.8, 4) is 0 Å². The number of rotatable bonds is 3. The van der Waals surface area contributed by atoms with Gasteiger partial charge in [-0.3, -0.25) is 9.99 Å². The van der Waals surface area contributed by atoms with Gasteiger partial charge in [0, 0.05) is 18.0 Å². The molecule has 0 radical (unpaired) electrons. The van der Waals surface area contributed by atoms with Crippen LogP contribution in [0.15, 0.2) is 29.6 Å². The Morgan fingerprint density at radius 2 is 2.27 bits per heavy atom. The summed E-state index contributed by atoms with van der Waals surface area (Å²) in [6.07, 6.45) is 3.96. The van der Waals surface area contributed by atoms with Crippen molar-refractivity contribution in [2.24, 2.45) is 5.10 Å². The van der Waals surface area contributed by atoms with Crippen molar-refractivity contribution in [2.45, 2.75) is 19.1 Å². The van der Waals surface area contributed by atoms with Crippen LogP contribution in [0, 0.1) is 0 Å². The lowest BCUT2D eigenvalue weighted by Gasteiger charge is -2.34. The zero-order valence-corrected chi connectivity index (χ0v) is 9.31. The number of pyridine rings is 1. The fraction of sp³-hybridized carbons (Fsp3) is 0.400. The second-order valence-electron chi connectivity index (χ2n) is 3.32. The van der Waals surface area contributed by atoms with E-state index in [1.807, 2.05) is 19.1 Å². The fourth-order valence-electron chi connectivity index (χ4n) is 1.58. The van der Waals surface area contributed by atoms with Gasteiger partial charge in [0.25, 0.3) is 0 Å². The van der Waals surface area contributed by atoms with Gasteiger partial charge in [-0.1, -0.05) is 18.7 Å². The SMILES string of the molecule is CCC(O)(c1ccncc1)N1CSC=N1. The Kier molecular flexibility index (Phi) is 2.93. The summed E-state index contributed by atoms with van der Waals surface area (Å²) in [5.41, 5.74) is 1.57. The van der Waals surface area contributed by atoms with Crippen molar-refractivity contribution in [1.29, 1.82) is 0 Å². The summed E-state index contributed by atoms with van der Waals surface area (Å²) in [6.45, 7) is 1.94. The van der Waals surface area contributed by atoms with Gasteiger partial charge >= 0.3 is 0 Å². The summed E-state index contributed by atoms with van der Waals surface area (Å²) in [7, 11) is 0. The van der Waals surface area contributed by atoms with Crippen molar-refractivity contribution in [3.05, 3.63) is 30.1 Å². The monoisotopic (exact) mass is 223 g/mol. The van der Waals surface area contributed by atoms with Gasteiger partial charge in [0.15, 0.2) is 5.72 Å². The number of nitrogens with zero attached hydrogens (tertiary/aromatic N) is 3. The highest BCUT2D eigenvalue weighted by atomic mass is 32.2. The first-order chi connectivity index (χ1) is 7.27. The third-order valence-electron chi connectivity index (χ3n) is 2.52. The summed E-state index contributed by atoms with van der Waals surface area (Å²) in [5, 5.41) is 16.4. The third kappa shape index (κ3) is 1.85. The van der Waals surface area contributed by atoms with Gasteiger partial charge in [0.1, 0.15) is 0 Å². The second kappa shape index (κ2) is 4.20. The van der Waals surface area contributed by atoms with Crippen LogP contribution >= 0.6 is 11.8 Å². The van der Waals surface area contributed by atoms with E-state index in [9.17, 15) is 5.11 Å². The van der Waals surface area contributed by atoms with Gasteiger partial charge in [0.2, 0.25) is 0 Å². The molecule has 0 aliphatic carbocycles. The first-order valence-corrected chi connectivity index (χ1v) is 5.87. The van der Waals surface area contributed by atoms with E-state index in [0.29, 0.717) is 12.3 Å². The molecular weight excluding hydrogens is 210 g/mol. The predicted octanol–water partition coefficient (Wildman–Crippen LogP) is 1.59. The molecule has 0 spiro atoms. The minimum Gasteiger partial charge on any atom is -0.366 e. The molecule has 2 rings (SSSR count). The molecule has 0 amide bonds. The highest BCUT2D eigenvalue weighted by Crippen LogP contribution is 2.32. The highest BCUT2D eigenvalue weighted by molar-refractivity contribution is 8.12. The average Bonchev–Trinajstić information content (AvgIpc) is 2.83. The largest absolute Gasteiger partial charge is 0.366 e. The normalized spacial score (nSPS) is 19.2. The van der Waals surface area contributed by atoms with Gasteiger partial charge in [-0.25, -0.2) is 0 Å². The Morgan fingerprint density at radius 3 is 2.80 bits per heavy atom. The lowest BCUT2D eigenvalue weighted by molar-refractivity contribution is -0.107. The van der Waals surface area contributed by atoms with Crippen LogP contribution in [0.2, 0.25) is 0 Å². The molecule has 0 saturated heterocycles. The summed E-state index contributed by atoms with van der Waals surface area (Å²) in [4.78, 5) is 3.95. The Balaban J connectivity index is 2.32. The average molecular weight is 223 g/mol. The minimum atomic E-state index is -1.01. The van der Waals surface area contributed by atoms with E-state index in [2.05, 4.69) is 10.1 Å². The van der Waals surface area contributed by atoms with Crippen molar-refractivity contribution in [2.75, 3.05) is 5.88 Å². The molecular formula is C10H13N3OS. The maximum Gasteiger partial charge on any atom is 0.180 e. The van der Waals surface area contributed by atoms with Gasteiger partial charge < -0.3 is 5.11 Å². The Hall–Kier alpha value is -1.07. The molecule has 1 atom stereocenters. The van der Waals surface area contributed by atoms with Crippen LogP contribution in [0.25, 0.3) is 0 Å². The number of thioether (sulfide) groups is 1. The van der Waals surface area contributed by atoms with E-state index in [1.165, 1.54) is 0 Å². The molecule has 1 aromatic heterocycles. The van der Waals surface area contributed by atoms with Crippen molar-refractivity contribution >= 4 is 17.3 Å². The Bertz CT molecular complexity index is 357. The molecule has 2 heterocycles. The van der Waals surface area contributed by atoms with Gasteiger partial charge in [-0.15, -0.1) is 0 Å². The summed E-state index contributed by atoms with van der Waals surface area (Å²) in [5.74, 6) is 0.687. The van der Waals surface area contributed by atoms with Gasteiger partial charge in [-0.2, -0.15) is 5.10 Å². The van der Waals surface area contributed by atoms with Gasteiger partial charge in [0.05, 0.1) is 11.4 Å². The number of hydrazone groups is 1. The number of hydrogen-bond donors (Lipinski definition) is 1. The molecule has 0 fully saturated rings. The molecule has 1 N–H and O–H groups in total. The number of aromatic nitrogens is 1. The van der Waals surface area contributed by atoms with Crippen molar-refractivity contribution in [3.63, 3.8) is 0 Å². The fourth-order valence-corrected chi connectivity index (χ4v) is 2.25. The van der Waals surface area contributed by atoms with Crippen LogP contribution in [-0.4, -0.2) is 26.5 Å². The summed E-state index contributed by atoms with van der Waals surface area (Å²) < 4.78 is 0. The molecule has 80 valence electrons. The minimum absolute atomic E-state index is 0.592. The maximum atomic E-state index is 10.6. The van der Waals surface area contributed by atoms with Crippen LogP contribution in [0.5, 0.6) is 0 Å². The molecule has 0 saturated carbocycles. The zero-order valence-electron chi connectivity index (χ0n) is 8.50. The van der Waals surface area contributed by atoms with E-state index < -0.39 is 5.72 Å². The maximum absolute atomic E-state index is 10.6. The first-order valence-electron chi connectivity index (χ1n) is 4.82. The quantitative estimate of drug-likeness (QED) is 0.845. The van der Waals surface area contributed by atoms with E-state index in [-0.39, 0.29) is 0 Å². The molecule has 1 aliphatic heterocycles. The predicted molar refractivity (Wildman–Crippen MR) is 61.2 cm³/mol. The lowest BCUT2D eigenvalue weighted by atomic mass is 10.0. The van der Waals surface area contributed by atoms with E-state index in [1.54, 1.807) is 34.7 Å². The molecule has 1 unspecified atom stereocenters. The van der Waals surface area contributed by atoms with Crippen LogP contribution in [-0.2, 0) is 5.72 Å². The topological polar surface area (TPSA) is 48.7 Å². The summed E-state index contributed by atoms with van der Waals surface area (Å²) >= 11 is 1.58. The van der Waals surface area contributed by atoms with E-state index in [0.717, 1.165) is 5.56 Å². The van der Waals surface area contributed by atoms with Crippen LogP contribution in [0.4, 0.5) is 0 Å². The van der Waals surface area contributed by atoms with Crippen LogP contribution in [0.1, 0.15) is 18.9 Å². The molecule has 4 nitrogen and oxygen atoms in total.